The molecule has 0 unspecified atom stereocenters. The van der Waals surface area contributed by atoms with Gasteiger partial charge in [0, 0.05) is 29.5 Å². The predicted molar refractivity (Wildman–Crippen MR) is 157 cm³/mol. The summed E-state index contributed by atoms with van der Waals surface area (Å²) in [6, 6.07) is 25.8. The van der Waals surface area contributed by atoms with E-state index < -0.39 is 0 Å². The van der Waals surface area contributed by atoms with E-state index in [2.05, 4.69) is 108 Å². The lowest BCUT2D eigenvalue weighted by molar-refractivity contribution is 1.17. The fraction of sp³-hybridized carbons (Fsp3) is 0.121. The molecule has 0 amide bonds. The minimum atomic E-state index is 1.00. The Morgan fingerprint density at radius 2 is 1.19 bits per heavy atom. The summed E-state index contributed by atoms with van der Waals surface area (Å²) in [5.41, 5.74) is 9.05. The van der Waals surface area contributed by atoms with Gasteiger partial charge in [0.1, 0.15) is 6.33 Å². The van der Waals surface area contributed by atoms with Crippen molar-refractivity contribution >= 4 is 10.9 Å². The quantitative estimate of drug-likeness (QED) is 0.245. The number of pyridine rings is 1. The van der Waals surface area contributed by atoms with E-state index >= 15 is 0 Å². The van der Waals surface area contributed by atoms with Crippen LogP contribution in [0.15, 0.2) is 124 Å². The van der Waals surface area contributed by atoms with Crippen molar-refractivity contribution in [3.05, 3.63) is 129 Å². The first kappa shape index (κ1) is 27.9. The van der Waals surface area contributed by atoms with Gasteiger partial charge in [-0.05, 0) is 78.1 Å². The minimum absolute atomic E-state index is 1.00. The van der Waals surface area contributed by atoms with Crippen LogP contribution < -0.4 is 0 Å². The number of rotatable bonds is 3. The normalized spacial score (nSPS) is 9.44. The molecule has 0 saturated carbocycles. The molecule has 182 valence electrons. The van der Waals surface area contributed by atoms with Crippen molar-refractivity contribution in [2.75, 3.05) is 0 Å². The van der Waals surface area contributed by atoms with E-state index in [9.17, 15) is 0 Å². The van der Waals surface area contributed by atoms with Crippen LogP contribution in [0, 0.1) is 6.92 Å². The molecule has 3 aromatic carbocycles. The molecule has 5 aromatic rings. The van der Waals surface area contributed by atoms with Gasteiger partial charge in [0.25, 0.3) is 0 Å². The summed E-state index contributed by atoms with van der Waals surface area (Å²) in [5, 5.41) is 1.13. The van der Waals surface area contributed by atoms with Crippen LogP contribution in [0.5, 0.6) is 0 Å². The van der Waals surface area contributed by atoms with Crippen molar-refractivity contribution < 1.29 is 0 Å². The predicted octanol–water partition coefficient (Wildman–Crippen LogP) is 9.35. The summed E-state index contributed by atoms with van der Waals surface area (Å²) in [7, 11) is 0. The SMILES string of the molecule is C=C.C=CC.CC.Cc1ccc(-c2cc(-c3cncnc3)cc(-c3ccc4ncccc4c3)c2)cc1. The lowest BCUT2D eigenvalue weighted by Gasteiger charge is -2.11. The molecule has 36 heavy (non-hydrogen) atoms. The molecular weight excluding hydrogens is 438 g/mol. The van der Waals surface area contributed by atoms with Gasteiger partial charge in [-0.1, -0.05) is 61.9 Å². The van der Waals surface area contributed by atoms with Gasteiger partial charge in [0.2, 0.25) is 0 Å². The third-order valence-electron chi connectivity index (χ3n) is 5.15. The standard InChI is InChI=1S/C26H19N3.C3H6.C2H6.C2H4/c1-18-4-6-19(7-5-18)22-12-23(14-24(13-22)25-15-27-17-28-16-25)20-8-9-26-21(11-20)3-2-10-29-26;1-3-2;2*1-2/h2-17H,1H3;3H,1H2,2H3;1-2H3;1-2H2. The third-order valence-corrected chi connectivity index (χ3v) is 5.15. The number of aromatic nitrogens is 3. The van der Waals surface area contributed by atoms with Crippen molar-refractivity contribution in [2.24, 2.45) is 0 Å². The molecule has 0 bridgehead atoms. The lowest BCUT2D eigenvalue weighted by Crippen LogP contribution is -1.88. The van der Waals surface area contributed by atoms with Crippen molar-refractivity contribution in [1.29, 1.82) is 0 Å². The molecule has 0 atom stereocenters. The summed E-state index contributed by atoms with van der Waals surface area (Å²) < 4.78 is 0. The monoisotopic (exact) mass is 473 g/mol. The van der Waals surface area contributed by atoms with Crippen LogP contribution in [0.4, 0.5) is 0 Å². The highest BCUT2D eigenvalue weighted by molar-refractivity contribution is 5.87. The smallest absolute Gasteiger partial charge is 0.115 e. The first-order valence-electron chi connectivity index (χ1n) is 12.1. The van der Waals surface area contributed by atoms with Gasteiger partial charge >= 0.3 is 0 Å². The highest BCUT2D eigenvalue weighted by atomic mass is 14.8. The Kier molecular flexibility index (Phi) is 11.5. The maximum absolute atomic E-state index is 4.44. The molecule has 3 nitrogen and oxygen atoms in total. The van der Waals surface area contributed by atoms with Gasteiger partial charge < -0.3 is 0 Å². The van der Waals surface area contributed by atoms with E-state index in [-0.39, 0.29) is 0 Å². The number of hydrogen-bond donors (Lipinski definition) is 0. The van der Waals surface area contributed by atoms with Crippen molar-refractivity contribution in [3.63, 3.8) is 0 Å². The molecule has 0 aliphatic heterocycles. The molecule has 0 saturated heterocycles. The topological polar surface area (TPSA) is 38.7 Å². The second-order valence-electron chi connectivity index (χ2n) is 7.61. The summed E-state index contributed by atoms with van der Waals surface area (Å²) >= 11 is 0. The minimum Gasteiger partial charge on any atom is -0.256 e. The maximum atomic E-state index is 4.44. The fourth-order valence-electron chi connectivity index (χ4n) is 3.58. The number of nitrogens with zero attached hydrogens (tertiary/aromatic N) is 3. The fourth-order valence-corrected chi connectivity index (χ4v) is 3.58. The van der Waals surface area contributed by atoms with Gasteiger partial charge in [-0.15, -0.1) is 19.7 Å². The van der Waals surface area contributed by atoms with E-state index in [0.29, 0.717) is 0 Å². The van der Waals surface area contributed by atoms with Crippen molar-refractivity contribution in [1.82, 2.24) is 15.0 Å². The van der Waals surface area contributed by atoms with E-state index in [1.807, 2.05) is 45.4 Å². The first-order chi connectivity index (χ1) is 17.7. The number of fused-ring (bicyclic) bond motifs is 1. The summed E-state index contributed by atoms with van der Waals surface area (Å²) in [4.78, 5) is 12.8. The van der Waals surface area contributed by atoms with Gasteiger partial charge in [0.05, 0.1) is 5.52 Å². The number of aryl methyl sites for hydroxylation is 1. The van der Waals surface area contributed by atoms with Gasteiger partial charge in [-0.25, -0.2) is 9.97 Å². The Balaban J connectivity index is 0.000000596. The summed E-state index contributed by atoms with van der Waals surface area (Å²) in [6.07, 6.45) is 8.85. The lowest BCUT2D eigenvalue weighted by atomic mass is 9.93. The zero-order valence-corrected chi connectivity index (χ0v) is 21.8. The second kappa shape index (κ2) is 14.8. The van der Waals surface area contributed by atoms with Crippen molar-refractivity contribution in [3.8, 4) is 33.4 Å². The van der Waals surface area contributed by atoms with Gasteiger partial charge in [-0.2, -0.15) is 0 Å². The molecule has 0 radical (unpaired) electrons. The largest absolute Gasteiger partial charge is 0.256 e. The van der Waals surface area contributed by atoms with Crippen LogP contribution >= 0.6 is 0 Å². The Morgan fingerprint density at radius 1 is 0.667 bits per heavy atom. The van der Waals surface area contributed by atoms with Crippen LogP contribution in [0.3, 0.4) is 0 Å². The zero-order valence-electron chi connectivity index (χ0n) is 21.8. The van der Waals surface area contributed by atoms with Crippen LogP contribution in [0.25, 0.3) is 44.3 Å². The maximum Gasteiger partial charge on any atom is 0.115 e. The molecular formula is C33H35N3. The molecule has 3 heteroatoms. The van der Waals surface area contributed by atoms with Crippen LogP contribution in [0.2, 0.25) is 0 Å². The first-order valence-corrected chi connectivity index (χ1v) is 12.1. The van der Waals surface area contributed by atoms with E-state index in [1.54, 1.807) is 12.4 Å². The van der Waals surface area contributed by atoms with Crippen molar-refractivity contribution in [2.45, 2.75) is 27.7 Å². The molecule has 5 rings (SSSR count). The zero-order chi connectivity index (χ0) is 26.3. The summed E-state index contributed by atoms with van der Waals surface area (Å²) in [6.45, 7) is 17.4. The molecule has 2 heterocycles. The highest BCUT2D eigenvalue weighted by Crippen LogP contribution is 2.33. The molecule has 0 aliphatic rings. The van der Waals surface area contributed by atoms with Crippen LogP contribution in [-0.4, -0.2) is 15.0 Å². The molecule has 0 fully saturated rings. The van der Waals surface area contributed by atoms with Crippen LogP contribution in [0.1, 0.15) is 26.3 Å². The van der Waals surface area contributed by atoms with E-state index in [1.165, 1.54) is 16.7 Å². The summed E-state index contributed by atoms with van der Waals surface area (Å²) in [5.74, 6) is 0. The third kappa shape index (κ3) is 7.31. The number of benzene rings is 3. The average molecular weight is 474 g/mol. The van der Waals surface area contributed by atoms with E-state index in [0.717, 1.165) is 33.2 Å². The van der Waals surface area contributed by atoms with Gasteiger partial charge in [-0.3, -0.25) is 4.98 Å². The molecule has 2 aromatic heterocycles. The molecule has 0 aliphatic carbocycles. The Hall–Kier alpha value is -4.37. The highest BCUT2D eigenvalue weighted by Gasteiger charge is 2.09. The molecule has 0 N–H and O–H groups in total. The Morgan fingerprint density at radius 3 is 1.81 bits per heavy atom. The van der Waals surface area contributed by atoms with Crippen LogP contribution in [-0.2, 0) is 0 Å². The number of allylic oxidation sites excluding steroid dienone is 1. The Bertz CT molecular complexity index is 1360. The average Bonchev–Trinajstić information content (AvgIpc) is 2.96. The Labute approximate surface area is 216 Å². The van der Waals surface area contributed by atoms with Gasteiger partial charge in [0.15, 0.2) is 0 Å². The number of hydrogen-bond acceptors (Lipinski definition) is 3. The van der Waals surface area contributed by atoms with E-state index in [4.69, 9.17) is 0 Å². The second-order valence-corrected chi connectivity index (χ2v) is 7.61. The molecule has 0 spiro atoms.